The van der Waals surface area contributed by atoms with Gasteiger partial charge in [0.05, 0.1) is 29.7 Å². The maximum absolute atomic E-state index is 14.1. The van der Waals surface area contributed by atoms with Crippen LogP contribution in [0, 0.1) is 11.7 Å². The van der Waals surface area contributed by atoms with Crippen LogP contribution in [0.1, 0.15) is 13.8 Å². The van der Waals surface area contributed by atoms with Crippen LogP contribution in [0.2, 0.25) is 5.02 Å². The molecule has 8 heteroatoms. The lowest BCUT2D eigenvalue weighted by Crippen LogP contribution is -2.30. The Morgan fingerprint density at radius 3 is 2.61 bits per heavy atom. The zero-order valence-electron chi connectivity index (χ0n) is 15.5. The molecule has 0 saturated carbocycles. The van der Waals surface area contributed by atoms with Gasteiger partial charge in [-0.2, -0.15) is 4.98 Å². The Kier molecular flexibility index (Phi) is 6.38. The number of nitrogens with zero attached hydrogens (tertiary/aromatic N) is 3. The van der Waals surface area contributed by atoms with Crippen LogP contribution >= 0.6 is 11.6 Å². The number of nitrogens with one attached hydrogen (secondary N) is 2. The Hall–Kier alpha value is -2.77. The van der Waals surface area contributed by atoms with Crippen LogP contribution in [0.5, 0.6) is 0 Å². The molecule has 3 N–H and O–H groups in total. The van der Waals surface area contributed by atoms with E-state index in [9.17, 15) is 9.50 Å². The Morgan fingerprint density at radius 2 is 1.93 bits per heavy atom. The normalized spacial score (nSPS) is 12.1. The molecule has 0 bridgehead atoms. The van der Waals surface area contributed by atoms with Crippen LogP contribution in [0.4, 0.5) is 21.8 Å². The molecule has 0 fully saturated rings. The zero-order chi connectivity index (χ0) is 20.1. The van der Waals surface area contributed by atoms with Gasteiger partial charge in [-0.05, 0) is 36.2 Å². The van der Waals surface area contributed by atoms with E-state index in [1.165, 1.54) is 18.2 Å². The van der Waals surface area contributed by atoms with Crippen LogP contribution in [-0.4, -0.2) is 32.7 Å². The van der Waals surface area contributed by atoms with Crippen LogP contribution in [0.15, 0.2) is 48.7 Å². The Balaban J connectivity index is 2.00. The lowest BCUT2D eigenvalue weighted by Gasteiger charge is -2.20. The van der Waals surface area contributed by atoms with E-state index in [4.69, 9.17) is 11.6 Å². The molecule has 2 heterocycles. The number of rotatable bonds is 7. The number of hydrogen-bond acceptors (Lipinski definition) is 6. The molecule has 2 aromatic heterocycles. The average molecular weight is 402 g/mol. The van der Waals surface area contributed by atoms with Crippen LogP contribution in [0.3, 0.4) is 0 Å². The summed E-state index contributed by atoms with van der Waals surface area (Å²) in [6, 6.07) is 11.2. The molecular formula is C20H21ClFN5O. The highest BCUT2D eigenvalue weighted by Crippen LogP contribution is 2.26. The second-order valence-corrected chi connectivity index (χ2v) is 7.04. The molecule has 0 aliphatic heterocycles. The van der Waals surface area contributed by atoms with E-state index in [0.29, 0.717) is 28.2 Å². The monoisotopic (exact) mass is 401 g/mol. The molecule has 0 radical (unpaired) electrons. The van der Waals surface area contributed by atoms with Gasteiger partial charge in [0.2, 0.25) is 5.95 Å². The molecule has 0 unspecified atom stereocenters. The van der Waals surface area contributed by atoms with Gasteiger partial charge in [-0.25, -0.2) is 9.37 Å². The van der Waals surface area contributed by atoms with Gasteiger partial charge in [0, 0.05) is 17.3 Å². The summed E-state index contributed by atoms with van der Waals surface area (Å²) in [5.74, 6) is 0.391. The van der Waals surface area contributed by atoms with E-state index in [2.05, 4.69) is 25.6 Å². The van der Waals surface area contributed by atoms with Crippen LogP contribution in [0.25, 0.3) is 11.4 Å². The molecule has 6 nitrogen and oxygen atoms in total. The zero-order valence-corrected chi connectivity index (χ0v) is 16.3. The number of aliphatic hydroxyl groups excluding tert-OH is 1. The lowest BCUT2D eigenvalue weighted by atomic mass is 10.1. The SMILES string of the molecule is CC(C)[C@@H](CO)Nc1nc(Nc2cc(Cl)ccc2F)cc(-c2ccccn2)n1. The minimum absolute atomic E-state index is 0.0689. The number of benzene rings is 1. The fourth-order valence-electron chi connectivity index (χ4n) is 2.54. The van der Waals surface area contributed by atoms with Crippen molar-refractivity contribution in [1.29, 1.82) is 0 Å². The molecule has 1 aromatic carbocycles. The van der Waals surface area contributed by atoms with Gasteiger partial charge in [-0.1, -0.05) is 31.5 Å². The summed E-state index contributed by atoms with van der Waals surface area (Å²) in [4.78, 5) is 13.2. The van der Waals surface area contributed by atoms with E-state index in [1.54, 1.807) is 12.3 Å². The van der Waals surface area contributed by atoms with Crippen molar-refractivity contribution in [2.45, 2.75) is 19.9 Å². The van der Waals surface area contributed by atoms with Crippen molar-refractivity contribution in [3.8, 4) is 11.4 Å². The van der Waals surface area contributed by atoms with Gasteiger partial charge >= 0.3 is 0 Å². The summed E-state index contributed by atoms with van der Waals surface area (Å²) in [5.41, 5.74) is 1.41. The van der Waals surface area contributed by atoms with Crippen molar-refractivity contribution in [3.05, 3.63) is 59.5 Å². The molecule has 28 heavy (non-hydrogen) atoms. The highest BCUT2D eigenvalue weighted by molar-refractivity contribution is 6.30. The molecule has 3 aromatic rings. The minimum Gasteiger partial charge on any atom is -0.394 e. The lowest BCUT2D eigenvalue weighted by molar-refractivity contribution is 0.248. The summed E-state index contributed by atoms with van der Waals surface area (Å²) >= 11 is 5.97. The molecule has 0 aliphatic carbocycles. The van der Waals surface area contributed by atoms with Gasteiger partial charge in [0.15, 0.2) is 0 Å². The predicted molar refractivity (Wildman–Crippen MR) is 109 cm³/mol. The first kappa shape index (κ1) is 20.0. The summed E-state index contributed by atoms with van der Waals surface area (Å²) in [6.07, 6.45) is 1.67. The maximum Gasteiger partial charge on any atom is 0.225 e. The quantitative estimate of drug-likeness (QED) is 0.540. The second-order valence-electron chi connectivity index (χ2n) is 6.60. The third-order valence-electron chi connectivity index (χ3n) is 4.16. The second kappa shape index (κ2) is 8.95. The first-order valence-corrected chi connectivity index (χ1v) is 9.24. The van der Waals surface area contributed by atoms with Crippen molar-refractivity contribution in [2.75, 3.05) is 17.2 Å². The molecular weight excluding hydrogens is 381 g/mol. The number of hydrogen-bond donors (Lipinski definition) is 3. The predicted octanol–water partition coefficient (Wildman–Crippen LogP) is 4.50. The number of anilines is 3. The van der Waals surface area contributed by atoms with Crippen molar-refractivity contribution in [2.24, 2.45) is 5.92 Å². The van der Waals surface area contributed by atoms with E-state index in [0.717, 1.165) is 0 Å². The third kappa shape index (κ3) is 4.94. The molecule has 1 atom stereocenters. The topological polar surface area (TPSA) is 83.0 Å². The fraction of sp³-hybridized carbons (Fsp3) is 0.250. The van der Waals surface area contributed by atoms with Crippen molar-refractivity contribution >= 4 is 29.1 Å². The molecule has 0 aliphatic rings. The first-order chi connectivity index (χ1) is 13.5. The van der Waals surface area contributed by atoms with Gasteiger partial charge < -0.3 is 15.7 Å². The largest absolute Gasteiger partial charge is 0.394 e. The Labute approximate surface area is 167 Å². The summed E-state index contributed by atoms with van der Waals surface area (Å²) < 4.78 is 14.1. The Bertz CT molecular complexity index is 939. The van der Waals surface area contributed by atoms with Crippen molar-refractivity contribution < 1.29 is 9.50 Å². The molecule has 3 rings (SSSR count). The van der Waals surface area contributed by atoms with E-state index < -0.39 is 5.82 Å². The highest BCUT2D eigenvalue weighted by Gasteiger charge is 2.16. The van der Waals surface area contributed by atoms with Gasteiger partial charge in [0.25, 0.3) is 0 Å². The van der Waals surface area contributed by atoms with Crippen molar-refractivity contribution in [3.63, 3.8) is 0 Å². The fourth-order valence-corrected chi connectivity index (χ4v) is 2.71. The van der Waals surface area contributed by atoms with E-state index in [-0.39, 0.29) is 24.3 Å². The molecule has 0 spiro atoms. The summed E-state index contributed by atoms with van der Waals surface area (Å²) in [5, 5.41) is 16.1. The third-order valence-corrected chi connectivity index (χ3v) is 4.40. The molecule has 0 saturated heterocycles. The first-order valence-electron chi connectivity index (χ1n) is 8.86. The number of aliphatic hydroxyl groups is 1. The highest BCUT2D eigenvalue weighted by atomic mass is 35.5. The Morgan fingerprint density at radius 1 is 1.11 bits per heavy atom. The maximum atomic E-state index is 14.1. The van der Waals surface area contributed by atoms with Gasteiger partial charge in [-0.15, -0.1) is 0 Å². The van der Waals surface area contributed by atoms with E-state index >= 15 is 0 Å². The average Bonchev–Trinajstić information content (AvgIpc) is 2.69. The van der Waals surface area contributed by atoms with Crippen molar-refractivity contribution in [1.82, 2.24) is 15.0 Å². The smallest absolute Gasteiger partial charge is 0.225 e. The number of halogens is 2. The molecule has 0 amide bonds. The summed E-state index contributed by atoms with van der Waals surface area (Å²) in [6.45, 7) is 3.90. The van der Waals surface area contributed by atoms with E-state index in [1.807, 2.05) is 32.0 Å². The van der Waals surface area contributed by atoms with Crippen LogP contribution in [-0.2, 0) is 0 Å². The van der Waals surface area contributed by atoms with Crippen LogP contribution < -0.4 is 10.6 Å². The summed E-state index contributed by atoms with van der Waals surface area (Å²) in [7, 11) is 0. The number of aromatic nitrogens is 3. The molecule has 146 valence electrons. The minimum atomic E-state index is -0.452. The number of pyridine rings is 1. The van der Waals surface area contributed by atoms with Gasteiger partial charge in [-0.3, -0.25) is 4.98 Å². The standard InChI is InChI=1S/C20H21ClFN5O/c1-12(2)18(11-28)26-20-25-17(15-5-3-4-8-23-15)10-19(27-20)24-16-9-13(21)6-7-14(16)22/h3-10,12,18,28H,11H2,1-2H3,(H2,24,25,26,27)/t18-/m1/s1. The van der Waals surface area contributed by atoms with Gasteiger partial charge in [0.1, 0.15) is 11.6 Å².